The monoisotopic (exact) mass is 441 g/mol. The second-order valence-electron chi connectivity index (χ2n) is 7.11. The maximum atomic E-state index is 12.7. The van der Waals surface area contributed by atoms with Crippen LogP contribution in [0.4, 0.5) is 0 Å². The maximum absolute atomic E-state index is 12.7. The van der Waals surface area contributed by atoms with Gasteiger partial charge in [0.25, 0.3) is 5.56 Å². The summed E-state index contributed by atoms with van der Waals surface area (Å²) in [6.45, 7) is 4.33. The highest BCUT2D eigenvalue weighted by Crippen LogP contribution is 2.21. The molecule has 1 aliphatic rings. The third-order valence-electron chi connectivity index (χ3n) is 5.26. The van der Waals surface area contributed by atoms with Gasteiger partial charge in [0.1, 0.15) is 5.82 Å². The number of halogens is 2. The summed E-state index contributed by atoms with van der Waals surface area (Å²) in [5, 5.41) is 3.18. The van der Waals surface area contributed by atoms with Crippen LogP contribution in [0, 0.1) is 12.8 Å². The second-order valence-corrected chi connectivity index (χ2v) is 7.11. The lowest BCUT2D eigenvalue weighted by atomic mass is 9.93. The van der Waals surface area contributed by atoms with Crippen LogP contribution in [0.5, 0.6) is 0 Å². The largest absolute Gasteiger partial charge is 0.342 e. The molecular weight excluding hydrogens is 413 g/mol. The third kappa shape index (κ3) is 6.52. The number of piperidine rings is 1. The van der Waals surface area contributed by atoms with Crippen molar-refractivity contribution in [2.24, 2.45) is 5.92 Å². The Labute approximate surface area is 183 Å². The third-order valence-corrected chi connectivity index (χ3v) is 5.26. The van der Waals surface area contributed by atoms with E-state index in [4.69, 9.17) is 0 Å². The van der Waals surface area contributed by atoms with Crippen molar-refractivity contribution in [1.82, 2.24) is 25.2 Å². The van der Waals surface area contributed by atoms with E-state index in [0.717, 1.165) is 44.5 Å². The number of carbonyl (C=O) groups excluding carboxylic acids is 1. The van der Waals surface area contributed by atoms with Gasteiger partial charge in [-0.05, 0) is 57.8 Å². The Morgan fingerprint density at radius 2 is 2.03 bits per heavy atom. The summed E-state index contributed by atoms with van der Waals surface area (Å²) >= 11 is 0. The number of nitrogens with one attached hydrogen (secondary N) is 2. The maximum Gasteiger partial charge on any atom is 0.255 e. The van der Waals surface area contributed by atoms with Crippen LogP contribution in [-0.2, 0) is 11.2 Å². The summed E-state index contributed by atoms with van der Waals surface area (Å²) in [6, 6.07) is 3.63. The second kappa shape index (κ2) is 11.9. The van der Waals surface area contributed by atoms with E-state index in [2.05, 4.69) is 20.3 Å². The Morgan fingerprint density at radius 3 is 2.62 bits per heavy atom. The van der Waals surface area contributed by atoms with Gasteiger partial charge in [0.2, 0.25) is 5.91 Å². The zero-order valence-electron chi connectivity index (χ0n) is 16.8. The van der Waals surface area contributed by atoms with E-state index in [1.165, 1.54) is 0 Å². The van der Waals surface area contributed by atoms with Gasteiger partial charge in [-0.2, -0.15) is 0 Å². The van der Waals surface area contributed by atoms with Gasteiger partial charge in [-0.1, -0.05) is 0 Å². The summed E-state index contributed by atoms with van der Waals surface area (Å²) in [7, 11) is 1.96. The minimum Gasteiger partial charge on any atom is -0.342 e. The number of rotatable bonds is 6. The molecule has 7 nitrogen and oxygen atoms in total. The fourth-order valence-corrected chi connectivity index (χ4v) is 3.54. The molecule has 0 atom stereocenters. The van der Waals surface area contributed by atoms with Crippen molar-refractivity contribution < 1.29 is 4.79 Å². The molecule has 0 aliphatic carbocycles. The predicted octanol–water partition coefficient (Wildman–Crippen LogP) is 2.37. The first-order valence-corrected chi connectivity index (χ1v) is 9.51. The Balaban J connectivity index is 0.00000210. The van der Waals surface area contributed by atoms with Gasteiger partial charge in [0.15, 0.2) is 0 Å². The first-order chi connectivity index (χ1) is 13.1. The highest BCUT2D eigenvalue weighted by Gasteiger charge is 2.24. The molecule has 0 spiro atoms. The molecule has 160 valence electrons. The zero-order valence-corrected chi connectivity index (χ0v) is 18.4. The standard InChI is InChI=1S/C20H27N5O2.2ClH/c1-14-17(20(27)24-19(23-14)16-4-3-8-22-13-16)12-18(26)25-10-6-15(7-11-25)5-9-21-2;;/h3-4,8,13,15,21H,5-7,9-12H2,1-2H3,(H,23,24,27);2*1H. The van der Waals surface area contributed by atoms with Gasteiger partial charge in [-0.25, -0.2) is 4.98 Å². The van der Waals surface area contributed by atoms with Crippen molar-refractivity contribution in [3.05, 3.63) is 46.1 Å². The van der Waals surface area contributed by atoms with Crippen molar-refractivity contribution in [2.75, 3.05) is 26.7 Å². The minimum absolute atomic E-state index is 0. The average molecular weight is 442 g/mol. The topological polar surface area (TPSA) is 91.0 Å². The van der Waals surface area contributed by atoms with E-state index in [1.54, 1.807) is 25.4 Å². The van der Waals surface area contributed by atoms with Crippen LogP contribution in [-0.4, -0.2) is 52.4 Å². The van der Waals surface area contributed by atoms with E-state index in [1.807, 2.05) is 18.0 Å². The number of aromatic amines is 1. The normalized spacial score (nSPS) is 14.1. The highest BCUT2D eigenvalue weighted by atomic mass is 35.5. The van der Waals surface area contributed by atoms with Gasteiger partial charge >= 0.3 is 0 Å². The van der Waals surface area contributed by atoms with Crippen LogP contribution in [0.25, 0.3) is 11.4 Å². The lowest BCUT2D eigenvalue weighted by molar-refractivity contribution is -0.131. The molecule has 1 fully saturated rings. The summed E-state index contributed by atoms with van der Waals surface area (Å²) in [4.78, 5) is 38.4. The Hall–Kier alpha value is -1.96. The fraction of sp³-hybridized carbons (Fsp3) is 0.500. The molecule has 3 heterocycles. The van der Waals surface area contributed by atoms with Crippen molar-refractivity contribution in [3.8, 4) is 11.4 Å². The van der Waals surface area contributed by atoms with Crippen molar-refractivity contribution in [1.29, 1.82) is 0 Å². The Kier molecular flexibility index (Phi) is 10.3. The number of hydrogen-bond acceptors (Lipinski definition) is 5. The summed E-state index contributed by atoms with van der Waals surface area (Å²) < 4.78 is 0. The quantitative estimate of drug-likeness (QED) is 0.717. The van der Waals surface area contributed by atoms with Crippen LogP contribution in [0.1, 0.15) is 30.5 Å². The fourth-order valence-electron chi connectivity index (χ4n) is 3.54. The summed E-state index contributed by atoms with van der Waals surface area (Å²) in [6.07, 6.45) is 6.63. The average Bonchev–Trinajstić information content (AvgIpc) is 2.70. The number of pyridine rings is 1. The van der Waals surface area contributed by atoms with Crippen LogP contribution in [0.3, 0.4) is 0 Å². The Morgan fingerprint density at radius 1 is 1.31 bits per heavy atom. The molecule has 2 N–H and O–H groups in total. The van der Waals surface area contributed by atoms with Gasteiger partial charge in [0.05, 0.1) is 6.42 Å². The molecule has 2 aromatic heterocycles. The van der Waals surface area contributed by atoms with E-state index in [0.29, 0.717) is 23.0 Å². The highest BCUT2D eigenvalue weighted by molar-refractivity contribution is 5.85. The molecule has 0 aromatic carbocycles. The SMILES string of the molecule is CNCCC1CCN(C(=O)Cc2c(C)nc(-c3cccnc3)[nH]c2=O)CC1.Cl.Cl. The minimum atomic E-state index is -0.251. The number of carbonyl (C=O) groups is 1. The number of nitrogens with zero attached hydrogens (tertiary/aromatic N) is 3. The molecule has 1 saturated heterocycles. The molecule has 9 heteroatoms. The number of aromatic nitrogens is 3. The van der Waals surface area contributed by atoms with Crippen molar-refractivity contribution in [3.63, 3.8) is 0 Å². The number of H-pyrrole nitrogens is 1. The van der Waals surface area contributed by atoms with Crippen LogP contribution < -0.4 is 10.9 Å². The van der Waals surface area contributed by atoms with Crippen LogP contribution in [0.2, 0.25) is 0 Å². The number of amides is 1. The lowest BCUT2D eigenvalue weighted by Gasteiger charge is -2.32. The molecule has 0 bridgehead atoms. The van der Waals surface area contributed by atoms with Gasteiger partial charge in [-0.3, -0.25) is 14.6 Å². The molecule has 1 amide bonds. The van der Waals surface area contributed by atoms with E-state index >= 15 is 0 Å². The molecule has 29 heavy (non-hydrogen) atoms. The smallest absolute Gasteiger partial charge is 0.255 e. The van der Waals surface area contributed by atoms with Gasteiger partial charge in [0, 0.05) is 42.3 Å². The predicted molar refractivity (Wildman–Crippen MR) is 119 cm³/mol. The van der Waals surface area contributed by atoms with Gasteiger partial charge in [-0.15, -0.1) is 24.8 Å². The lowest BCUT2D eigenvalue weighted by Crippen LogP contribution is -2.40. The van der Waals surface area contributed by atoms with E-state index < -0.39 is 0 Å². The van der Waals surface area contributed by atoms with Crippen LogP contribution >= 0.6 is 24.8 Å². The first kappa shape index (κ1) is 25.1. The number of likely N-dealkylation sites (tertiary alicyclic amines) is 1. The van der Waals surface area contributed by atoms with Crippen molar-refractivity contribution >= 4 is 30.7 Å². The number of aryl methyl sites for hydroxylation is 1. The summed E-state index contributed by atoms with van der Waals surface area (Å²) in [5.41, 5.74) is 1.54. The van der Waals surface area contributed by atoms with Crippen molar-refractivity contribution in [2.45, 2.75) is 32.6 Å². The molecule has 0 radical (unpaired) electrons. The van der Waals surface area contributed by atoms with E-state index in [-0.39, 0.29) is 42.7 Å². The molecule has 0 saturated carbocycles. The Bertz CT molecular complexity index is 837. The molecule has 0 unspecified atom stereocenters. The molecule has 1 aliphatic heterocycles. The number of hydrogen-bond donors (Lipinski definition) is 2. The van der Waals surface area contributed by atoms with Gasteiger partial charge < -0.3 is 15.2 Å². The molecular formula is C20H29Cl2N5O2. The zero-order chi connectivity index (χ0) is 19.2. The van der Waals surface area contributed by atoms with Crippen LogP contribution in [0.15, 0.2) is 29.3 Å². The van der Waals surface area contributed by atoms with E-state index in [9.17, 15) is 9.59 Å². The molecule has 2 aromatic rings. The molecule has 3 rings (SSSR count). The first-order valence-electron chi connectivity index (χ1n) is 9.51. The summed E-state index contributed by atoms with van der Waals surface area (Å²) in [5.74, 6) is 1.16.